The van der Waals surface area contributed by atoms with Gasteiger partial charge in [0.25, 0.3) is 0 Å². The van der Waals surface area contributed by atoms with Gasteiger partial charge in [-0.25, -0.2) is 27.3 Å². The second-order valence-corrected chi connectivity index (χ2v) is 8.84. The summed E-state index contributed by atoms with van der Waals surface area (Å²) in [7, 11) is -2.20. The average Bonchev–Trinajstić information content (AvgIpc) is 3.07. The van der Waals surface area contributed by atoms with Crippen molar-refractivity contribution >= 4 is 27.6 Å². The molecule has 0 fully saturated rings. The number of amides is 1. The van der Waals surface area contributed by atoms with Gasteiger partial charge in [-0.15, -0.1) is 5.10 Å². The predicted molar refractivity (Wildman–Crippen MR) is 113 cm³/mol. The Morgan fingerprint density at radius 3 is 2.44 bits per heavy atom. The minimum Gasteiger partial charge on any atom is -0.431 e. The van der Waals surface area contributed by atoms with Gasteiger partial charge in [-0.3, -0.25) is 10.0 Å². The van der Waals surface area contributed by atoms with E-state index in [1.165, 1.54) is 38.2 Å². The highest BCUT2D eigenvalue weighted by atomic mass is 32.2. The molecule has 0 saturated heterocycles. The number of hydrogen-bond donors (Lipinski definition) is 2. The van der Waals surface area contributed by atoms with Crippen LogP contribution in [0.25, 0.3) is 11.4 Å². The number of anilines is 2. The lowest BCUT2D eigenvalue weighted by molar-refractivity contribution is -0.206. The van der Waals surface area contributed by atoms with Gasteiger partial charge in [-0.2, -0.15) is 13.2 Å². The Hall–Kier alpha value is -3.75. The zero-order valence-electron chi connectivity index (χ0n) is 17.9. The van der Waals surface area contributed by atoms with Gasteiger partial charge in [0.15, 0.2) is 11.5 Å². The van der Waals surface area contributed by atoms with Crippen LogP contribution < -0.4 is 10.0 Å². The Labute approximate surface area is 191 Å². The van der Waals surface area contributed by atoms with Crippen LogP contribution in [0.3, 0.4) is 0 Å². The van der Waals surface area contributed by atoms with Gasteiger partial charge in [0, 0.05) is 12.6 Å². The maximum absolute atomic E-state index is 13.9. The summed E-state index contributed by atoms with van der Waals surface area (Å²) in [6.45, 7) is 1.51. The van der Waals surface area contributed by atoms with Crippen molar-refractivity contribution in [1.29, 1.82) is 0 Å². The summed E-state index contributed by atoms with van der Waals surface area (Å²) < 4.78 is 85.1. The summed E-state index contributed by atoms with van der Waals surface area (Å²) in [5, 5.41) is 9.69. The fraction of sp³-hybridized carbons (Fsp3) is 0.263. The topological polar surface area (TPSA) is 128 Å². The van der Waals surface area contributed by atoms with Crippen molar-refractivity contribution in [3.05, 3.63) is 53.5 Å². The number of aromatic nitrogens is 4. The molecule has 3 rings (SSSR count). The number of pyridine rings is 1. The fourth-order valence-electron chi connectivity index (χ4n) is 2.90. The summed E-state index contributed by atoms with van der Waals surface area (Å²) in [6.07, 6.45) is -8.52. The van der Waals surface area contributed by atoms with E-state index in [0.717, 1.165) is 23.1 Å². The average molecular weight is 502 g/mol. The first-order valence-corrected chi connectivity index (χ1v) is 11.3. The van der Waals surface area contributed by atoms with Crippen molar-refractivity contribution in [2.45, 2.75) is 19.2 Å². The number of carbonyl (C=O) groups excluding carboxylic acids is 1. The van der Waals surface area contributed by atoms with E-state index in [-0.39, 0.29) is 28.6 Å². The van der Waals surface area contributed by atoms with Crippen molar-refractivity contribution in [3.63, 3.8) is 0 Å². The molecular formula is C19H18F4N6O4S. The fourth-order valence-corrected chi connectivity index (χ4v) is 3.51. The number of ether oxygens (including phenoxy) is 1. The number of hydrogen-bond acceptors (Lipinski definition) is 7. The van der Waals surface area contributed by atoms with E-state index in [4.69, 9.17) is 0 Å². The van der Waals surface area contributed by atoms with Gasteiger partial charge >= 0.3 is 12.3 Å². The van der Waals surface area contributed by atoms with Crippen LogP contribution in [0, 0.1) is 12.7 Å². The normalized spacial score (nSPS) is 12.8. The van der Waals surface area contributed by atoms with Gasteiger partial charge in [-0.1, -0.05) is 23.4 Å². The number of nitrogens with zero attached hydrogens (tertiary/aromatic N) is 4. The van der Waals surface area contributed by atoms with E-state index in [1.54, 1.807) is 0 Å². The van der Waals surface area contributed by atoms with E-state index in [2.05, 4.69) is 30.1 Å². The molecule has 0 bridgehead atoms. The quantitative estimate of drug-likeness (QED) is 0.494. The zero-order chi connectivity index (χ0) is 25.3. The standard InChI is InChI=1S/C19H18F4N6O4S/c1-10-13(27-34(3,31)32)8-9-14(24-10)15-17(29(2)28-26-15)25-18(30)33-16(19(21,22)23)11-6-4-5-7-12(11)20/h4-9,16,27H,1-3H3,(H,25,30)/t16-/m0/s1. The van der Waals surface area contributed by atoms with Gasteiger partial charge in [0.05, 0.1) is 23.3 Å². The molecule has 0 aliphatic carbocycles. The zero-order valence-corrected chi connectivity index (χ0v) is 18.7. The van der Waals surface area contributed by atoms with Crippen molar-refractivity contribution in [2.24, 2.45) is 7.05 Å². The smallest absolute Gasteiger partial charge is 0.430 e. The van der Waals surface area contributed by atoms with Crippen LogP contribution in [0.5, 0.6) is 0 Å². The maximum atomic E-state index is 13.9. The highest BCUT2D eigenvalue weighted by molar-refractivity contribution is 7.92. The van der Waals surface area contributed by atoms with E-state index in [9.17, 15) is 30.8 Å². The monoisotopic (exact) mass is 502 g/mol. The van der Waals surface area contributed by atoms with Crippen LogP contribution in [-0.2, 0) is 21.8 Å². The Morgan fingerprint density at radius 2 is 1.85 bits per heavy atom. The molecule has 1 aromatic carbocycles. The highest BCUT2D eigenvalue weighted by Gasteiger charge is 2.45. The van der Waals surface area contributed by atoms with Crippen LogP contribution in [-0.4, -0.2) is 46.9 Å². The molecule has 0 saturated carbocycles. The molecule has 2 heterocycles. The molecule has 10 nitrogen and oxygen atoms in total. The second kappa shape index (κ2) is 9.24. The second-order valence-electron chi connectivity index (χ2n) is 7.09. The van der Waals surface area contributed by atoms with E-state index in [0.29, 0.717) is 0 Å². The van der Waals surface area contributed by atoms with E-state index in [1.807, 2.05) is 0 Å². The molecular weight excluding hydrogens is 484 g/mol. The molecule has 0 aliphatic heterocycles. The van der Waals surface area contributed by atoms with E-state index >= 15 is 0 Å². The van der Waals surface area contributed by atoms with Crippen LogP contribution in [0.1, 0.15) is 17.4 Å². The summed E-state index contributed by atoms with van der Waals surface area (Å²) in [6, 6.07) is 6.82. The first-order valence-electron chi connectivity index (χ1n) is 9.40. The number of nitrogens with one attached hydrogen (secondary N) is 2. The molecule has 3 aromatic rings. The maximum Gasteiger partial charge on any atom is 0.430 e. The number of benzene rings is 1. The van der Waals surface area contributed by atoms with Crippen LogP contribution in [0.2, 0.25) is 0 Å². The third kappa shape index (κ3) is 5.78. The third-order valence-electron chi connectivity index (χ3n) is 4.38. The molecule has 2 aromatic heterocycles. The first-order chi connectivity index (χ1) is 15.8. The summed E-state index contributed by atoms with van der Waals surface area (Å²) >= 11 is 0. The molecule has 0 radical (unpaired) electrons. The molecule has 0 spiro atoms. The Balaban J connectivity index is 1.87. The van der Waals surface area contributed by atoms with Crippen molar-refractivity contribution in [2.75, 3.05) is 16.3 Å². The van der Waals surface area contributed by atoms with Crippen molar-refractivity contribution in [3.8, 4) is 11.4 Å². The van der Waals surface area contributed by atoms with Crippen LogP contribution >= 0.6 is 0 Å². The van der Waals surface area contributed by atoms with Crippen LogP contribution in [0.4, 0.5) is 33.9 Å². The number of alkyl halides is 3. The lowest BCUT2D eigenvalue weighted by Gasteiger charge is -2.21. The number of sulfonamides is 1. The van der Waals surface area contributed by atoms with Crippen molar-refractivity contribution < 1.29 is 35.5 Å². The SMILES string of the molecule is Cc1nc(-c2nnn(C)c2NC(=O)O[C@@H](c2ccccc2F)C(F)(F)F)ccc1NS(C)(=O)=O. The van der Waals surface area contributed by atoms with Crippen LogP contribution in [0.15, 0.2) is 36.4 Å². The largest absolute Gasteiger partial charge is 0.431 e. The lowest BCUT2D eigenvalue weighted by Crippen LogP contribution is -2.29. The minimum atomic E-state index is -5.09. The summed E-state index contributed by atoms with van der Waals surface area (Å²) in [4.78, 5) is 16.5. The number of rotatable bonds is 6. The molecule has 1 atom stereocenters. The number of carbonyl (C=O) groups is 1. The number of aryl methyl sites for hydroxylation is 2. The van der Waals surface area contributed by atoms with Gasteiger partial charge in [0.1, 0.15) is 5.82 Å². The van der Waals surface area contributed by atoms with Gasteiger partial charge < -0.3 is 4.74 Å². The number of halogens is 4. The Morgan fingerprint density at radius 1 is 1.18 bits per heavy atom. The highest BCUT2D eigenvalue weighted by Crippen LogP contribution is 2.37. The molecule has 34 heavy (non-hydrogen) atoms. The molecule has 2 N–H and O–H groups in total. The molecule has 182 valence electrons. The van der Waals surface area contributed by atoms with E-state index < -0.39 is 39.8 Å². The molecule has 15 heteroatoms. The Kier molecular flexibility index (Phi) is 6.77. The van der Waals surface area contributed by atoms with Gasteiger partial charge in [-0.05, 0) is 25.1 Å². The predicted octanol–water partition coefficient (Wildman–Crippen LogP) is 3.55. The van der Waals surface area contributed by atoms with Crippen molar-refractivity contribution in [1.82, 2.24) is 20.0 Å². The molecule has 0 unspecified atom stereocenters. The van der Waals surface area contributed by atoms with Gasteiger partial charge in [0.2, 0.25) is 16.1 Å². The lowest BCUT2D eigenvalue weighted by atomic mass is 10.1. The summed E-state index contributed by atoms with van der Waals surface area (Å²) in [5.74, 6) is -1.35. The molecule has 1 amide bonds. The minimum absolute atomic E-state index is 0.0251. The molecule has 0 aliphatic rings. The third-order valence-corrected chi connectivity index (χ3v) is 4.97. The first kappa shape index (κ1) is 24.9. The summed E-state index contributed by atoms with van der Waals surface area (Å²) in [5.41, 5.74) is -0.287. The Bertz CT molecular complexity index is 1330.